The van der Waals surface area contributed by atoms with Crippen LogP contribution in [0.5, 0.6) is 0 Å². The fraction of sp³-hybridized carbons (Fsp3) is 0.0714. The Morgan fingerprint density at radius 2 is 2.05 bits per heavy atom. The molecule has 102 valence electrons. The molecule has 2 aromatic rings. The minimum absolute atomic E-state index is 0.343. The summed E-state index contributed by atoms with van der Waals surface area (Å²) in [7, 11) is 0. The first-order valence-corrected chi connectivity index (χ1v) is 6.60. The van der Waals surface area contributed by atoms with Gasteiger partial charge < -0.3 is 10.2 Å². The van der Waals surface area contributed by atoms with Crippen LogP contribution < -0.4 is 0 Å². The van der Waals surface area contributed by atoms with Gasteiger partial charge in [-0.3, -0.25) is 9.78 Å². The van der Waals surface area contributed by atoms with E-state index in [1.165, 1.54) is 11.3 Å². The van der Waals surface area contributed by atoms with Crippen LogP contribution in [0.3, 0.4) is 0 Å². The van der Waals surface area contributed by atoms with E-state index in [0.717, 1.165) is 10.6 Å². The summed E-state index contributed by atoms with van der Waals surface area (Å²) in [6, 6.07) is 7.16. The van der Waals surface area contributed by atoms with Crippen LogP contribution in [0.25, 0.3) is 5.76 Å². The Morgan fingerprint density at radius 3 is 2.70 bits per heavy atom. The Kier molecular flexibility index (Phi) is 4.27. The summed E-state index contributed by atoms with van der Waals surface area (Å²) in [5.74, 6) is -3.10. The normalized spacial score (nSPS) is 11.3. The molecular formula is C14H11NO4S. The van der Waals surface area contributed by atoms with E-state index in [9.17, 15) is 14.7 Å². The van der Waals surface area contributed by atoms with Gasteiger partial charge in [0.2, 0.25) is 0 Å². The SMILES string of the molecule is O=C(O)C(=O)C=C(O)c1ccsc1Cc1ccccn1. The molecule has 0 aliphatic carbocycles. The Bertz CT molecular complexity index is 661. The van der Waals surface area contributed by atoms with Crippen molar-refractivity contribution in [2.75, 3.05) is 0 Å². The number of carboxylic acid groups (broad SMARTS) is 1. The summed E-state index contributed by atoms with van der Waals surface area (Å²) >= 11 is 1.41. The van der Waals surface area contributed by atoms with Crippen molar-refractivity contribution in [3.63, 3.8) is 0 Å². The second-order valence-electron chi connectivity index (χ2n) is 3.95. The molecule has 0 aromatic carbocycles. The molecule has 0 bridgehead atoms. The number of rotatable bonds is 5. The van der Waals surface area contributed by atoms with Gasteiger partial charge in [0.05, 0.1) is 0 Å². The standard InChI is InChI=1S/C14H11NO4S/c16-11(8-12(17)14(18)19)10-4-6-20-13(10)7-9-3-1-2-5-15-9/h1-6,8,16H,7H2,(H,18,19). The number of aliphatic hydroxyl groups is 1. The van der Waals surface area contributed by atoms with Gasteiger partial charge in [-0.15, -0.1) is 11.3 Å². The summed E-state index contributed by atoms with van der Waals surface area (Å²) in [5, 5.41) is 20.1. The lowest BCUT2D eigenvalue weighted by molar-refractivity contribution is -0.146. The second-order valence-corrected chi connectivity index (χ2v) is 4.95. The van der Waals surface area contributed by atoms with Crippen molar-refractivity contribution in [3.05, 3.63) is 58.1 Å². The molecule has 0 aliphatic heterocycles. The fourth-order valence-electron chi connectivity index (χ4n) is 1.64. The van der Waals surface area contributed by atoms with Gasteiger partial charge in [-0.1, -0.05) is 6.07 Å². The smallest absolute Gasteiger partial charge is 0.376 e. The number of carbonyl (C=O) groups excluding carboxylic acids is 1. The number of carboxylic acids is 1. The van der Waals surface area contributed by atoms with Crippen molar-refractivity contribution in [2.24, 2.45) is 0 Å². The van der Waals surface area contributed by atoms with Crippen molar-refractivity contribution in [3.8, 4) is 0 Å². The highest BCUT2D eigenvalue weighted by atomic mass is 32.1. The van der Waals surface area contributed by atoms with E-state index in [4.69, 9.17) is 5.11 Å². The van der Waals surface area contributed by atoms with E-state index in [1.54, 1.807) is 17.6 Å². The van der Waals surface area contributed by atoms with Crippen LogP contribution in [0.4, 0.5) is 0 Å². The number of aliphatic hydroxyl groups excluding tert-OH is 1. The van der Waals surface area contributed by atoms with Crippen LogP contribution in [-0.2, 0) is 16.0 Å². The van der Waals surface area contributed by atoms with Gasteiger partial charge >= 0.3 is 5.97 Å². The van der Waals surface area contributed by atoms with Crippen LogP contribution >= 0.6 is 11.3 Å². The van der Waals surface area contributed by atoms with Crippen LogP contribution in [0.1, 0.15) is 16.1 Å². The minimum Gasteiger partial charge on any atom is -0.507 e. The molecule has 0 fully saturated rings. The molecule has 0 saturated carbocycles. The van der Waals surface area contributed by atoms with Crippen molar-refractivity contribution in [1.29, 1.82) is 0 Å². The number of aliphatic carboxylic acids is 1. The predicted octanol–water partition coefficient (Wildman–Crippen LogP) is 2.29. The zero-order valence-electron chi connectivity index (χ0n) is 10.3. The first-order chi connectivity index (χ1) is 9.58. The summed E-state index contributed by atoms with van der Waals surface area (Å²) in [6.45, 7) is 0. The highest BCUT2D eigenvalue weighted by Gasteiger charge is 2.14. The van der Waals surface area contributed by atoms with Crippen LogP contribution in [0.2, 0.25) is 0 Å². The molecule has 0 unspecified atom stereocenters. The lowest BCUT2D eigenvalue weighted by atomic mass is 10.1. The number of aromatic nitrogens is 1. The number of ketones is 1. The zero-order chi connectivity index (χ0) is 14.5. The van der Waals surface area contributed by atoms with Crippen molar-refractivity contribution >= 4 is 28.8 Å². The molecular weight excluding hydrogens is 278 g/mol. The molecule has 0 amide bonds. The monoisotopic (exact) mass is 289 g/mol. The Morgan fingerprint density at radius 1 is 1.25 bits per heavy atom. The topological polar surface area (TPSA) is 87.5 Å². The Hall–Kier alpha value is -2.47. The molecule has 2 N–H and O–H groups in total. The average Bonchev–Trinajstić information content (AvgIpc) is 2.88. The van der Waals surface area contributed by atoms with E-state index in [0.29, 0.717) is 18.1 Å². The summed E-state index contributed by atoms with van der Waals surface area (Å²) < 4.78 is 0. The molecule has 0 saturated heterocycles. The first-order valence-electron chi connectivity index (χ1n) is 5.72. The molecule has 2 aromatic heterocycles. The number of pyridine rings is 1. The van der Waals surface area contributed by atoms with Crippen LogP contribution in [0, 0.1) is 0 Å². The predicted molar refractivity (Wildman–Crippen MR) is 74.6 cm³/mol. The third kappa shape index (κ3) is 3.30. The third-order valence-electron chi connectivity index (χ3n) is 2.57. The first kappa shape index (κ1) is 14.0. The average molecular weight is 289 g/mol. The molecule has 0 atom stereocenters. The second kappa shape index (κ2) is 6.12. The van der Waals surface area contributed by atoms with E-state index in [1.807, 2.05) is 18.2 Å². The van der Waals surface area contributed by atoms with E-state index in [2.05, 4.69) is 4.98 Å². The zero-order valence-corrected chi connectivity index (χ0v) is 11.1. The van der Waals surface area contributed by atoms with E-state index >= 15 is 0 Å². The molecule has 0 spiro atoms. The fourth-order valence-corrected chi connectivity index (χ4v) is 2.54. The third-order valence-corrected chi connectivity index (χ3v) is 3.49. The number of hydrogen-bond acceptors (Lipinski definition) is 5. The molecule has 5 nitrogen and oxygen atoms in total. The number of thiophene rings is 1. The van der Waals surface area contributed by atoms with Crippen molar-refractivity contribution in [2.45, 2.75) is 6.42 Å². The highest BCUT2D eigenvalue weighted by Crippen LogP contribution is 2.25. The van der Waals surface area contributed by atoms with Gasteiger partial charge in [0.15, 0.2) is 0 Å². The van der Waals surface area contributed by atoms with Gasteiger partial charge in [-0.05, 0) is 23.6 Å². The maximum Gasteiger partial charge on any atom is 0.376 e. The maximum absolute atomic E-state index is 11.1. The summed E-state index contributed by atoms with van der Waals surface area (Å²) in [6.07, 6.45) is 2.89. The number of carbonyl (C=O) groups is 2. The maximum atomic E-state index is 11.1. The van der Waals surface area contributed by atoms with Gasteiger partial charge in [-0.25, -0.2) is 4.79 Å². The molecule has 2 rings (SSSR count). The molecule has 2 heterocycles. The largest absolute Gasteiger partial charge is 0.507 e. The van der Waals surface area contributed by atoms with E-state index in [-0.39, 0.29) is 5.76 Å². The Labute approximate surface area is 118 Å². The summed E-state index contributed by atoms with van der Waals surface area (Å²) in [5.41, 5.74) is 1.28. The molecule has 0 radical (unpaired) electrons. The molecule has 0 aliphatic rings. The minimum atomic E-state index is -1.60. The van der Waals surface area contributed by atoms with Crippen LogP contribution in [-0.4, -0.2) is 26.9 Å². The summed E-state index contributed by atoms with van der Waals surface area (Å²) in [4.78, 5) is 26.5. The van der Waals surface area contributed by atoms with Gasteiger partial charge in [0.25, 0.3) is 5.78 Å². The van der Waals surface area contributed by atoms with Crippen molar-refractivity contribution in [1.82, 2.24) is 4.98 Å². The lowest BCUT2D eigenvalue weighted by Crippen LogP contribution is -2.09. The quantitative estimate of drug-likeness (QED) is 0.501. The van der Waals surface area contributed by atoms with E-state index < -0.39 is 11.8 Å². The van der Waals surface area contributed by atoms with Gasteiger partial charge in [0.1, 0.15) is 5.76 Å². The molecule has 6 heteroatoms. The van der Waals surface area contributed by atoms with Crippen LogP contribution in [0.15, 0.2) is 41.9 Å². The van der Waals surface area contributed by atoms with Gasteiger partial charge in [0, 0.05) is 34.8 Å². The lowest BCUT2D eigenvalue weighted by Gasteiger charge is -2.02. The van der Waals surface area contributed by atoms with Gasteiger partial charge in [-0.2, -0.15) is 0 Å². The highest BCUT2D eigenvalue weighted by molar-refractivity contribution is 7.10. The number of hydrogen-bond donors (Lipinski definition) is 2. The Balaban J connectivity index is 2.25. The molecule has 20 heavy (non-hydrogen) atoms. The number of nitrogens with zero attached hydrogens (tertiary/aromatic N) is 1. The van der Waals surface area contributed by atoms with Crippen molar-refractivity contribution < 1.29 is 19.8 Å².